The van der Waals surface area contributed by atoms with Crippen LogP contribution in [0.15, 0.2) is 0 Å². The monoisotopic (exact) mass is 336 g/mol. The zero-order valence-electron chi connectivity index (χ0n) is 13.0. The maximum Gasteiger partial charge on any atom is 0.176 e. The van der Waals surface area contributed by atoms with Crippen LogP contribution in [0, 0.1) is 0 Å². The van der Waals surface area contributed by atoms with E-state index in [1.165, 1.54) is 0 Å². The molecule has 0 spiro atoms. The summed E-state index contributed by atoms with van der Waals surface area (Å²) in [5.74, 6) is 0. The van der Waals surface area contributed by atoms with Crippen molar-refractivity contribution in [1.29, 1.82) is 0 Å². The van der Waals surface area contributed by atoms with Crippen LogP contribution >= 0.6 is 0 Å². The van der Waals surface area contributed by atoms with E-state index in [-0.39, 0.29) is 13.0 Å². The van der Waals surface area contributed by atoms with Gasteiger partial charge in [-0.1, -0.05) is 0 Å². The van der Waals surface area contributed by atoms with Crippen LogP contribution in [-0.4, -0.2) is 95.1 Å². The molecule has 136 valence electrons. The van der Waals surface area contributed by atoms with Crippen molar-refractivity contribution in [3.8, 4) is 0 Å². The molecule has 1 aliphatic carbocycles. The molecule has 10 heteroatoms. The lowest BCUT2D eigenvalue weighted by molar-refractivity contribution is -0.288. The second kappa shape index (κ2) is 7.66. The summed E-state index contributed by atoms with van der Waals surface area (Å²) in [5.41, 5.74) is 17.5. The third-order valence-electron chi connectivity index (χ3n) is 4.54. The van der Waals surface area contributed by atoms with Gasteiger partial charge in [-0.15, -0.1) is 0 Å². The quantitative estimate of drug-likeness (QED) is 0.247. The van der Waals surface area contributed by atoms with Gasteiger partial charge < -0.3 is 52.4 Å². The highest BCUT2D eigenvalue weighted by atomic mass is 16.7. The third-order valence-corrected chi connectivity index (χ3v) is 4.54. The van der Waals surface area contributed by atoms with E-state index in [1.807, 2.05) is 0 Å². The Labute approximate surface area is 134 Å². The molecule has 1 heterocycles. The average molecular weight is 336 g/mol. The minimum Gasteiger partial charge on any atom is -0.389 e. The minimum atomic E-state index is -1.30. The molecule has 0 bridgehead atoms. The van der Waals surface area contributed by atoms with E-state index in [2.05, 4.69) is 5.32 Å². The average Bonchev–Trinajstić information content (AvgIpc) is 2.51. The lowest BCUT2D eigenvalue weighted by Crippen LogP contribution is -2.67. The predicted molar refractivity (Wildman–Crippen MR) is 80.0 cm³/mol. The molecule has 23 heavy (non-hydrogen) atoms. The van der Waals surface area contributed by atoms with Gasteiger partial charge in [0.05, 0.1) is 12.1 Å². The van der Waals surface area contributed by atoms with Crippen LogP contribution in [0.3, 0.4) is 0 Å². The molecule has 10 nitrogen and oxygen atoms in total. The molecular weight excluding hydrogens is 308 g/mol. The van der Waals surface area contributed by atoms with Gasteiger partial charge in [0.1, 0.15) is 30.5 Å². The molecule has 2 fully saturated rings. The summed E-state index contributed by atoms with van der Waals surface area (Å²) >= 11 is 0. The summed E-state index contributed by atoms with van der Waals surface area (Å²) in [5, 5.41) is 42.8. The summed E-state index contributed by atoms with van der Waals surface area (Å²) in [6, 6.07) is -2.29. The van der Waals surface area contributed by atoms with Gasteiger partial charge in [-0.05, 0) is 13.5 Å². The molecule has 6 unspecified atom stereocenters. The molecule has 0 amide bonds. The highest BCUT2D eigenvalue weighted by Gasteiger charge is 2.47. The normalized spacial score (nSPS) is 51.7. The van der Waals surface area contributed by atoms with Crippen molar-refractivity contribution in [3.05, 3.63) is 0 Å². The van der Waals surface area contributed by atoms with Crippen LogP contribution in [-0.2, 0) is 9.47 Å². The molecule has 11 N–H and O–H groups in total. The van der Waals surface area contributed by atoms with E-state index in [9.17, 15) is 20.4 Å². The molecule has 2 aliphatic rings. The Kier molecular flexibility index (Phi) is 6.30. The number of rotatable bonds is 4. The van der Waals surface area contributed by atoms with Crippen LogP contribution in [0.25, 0.3) is 0 Å². The van der Waals surface area contributed by atoms with Crippen molar-refractivity contribution in [1.82, 2.24) is 5.32 Å². The first-order chi connectivity index (χ1) is 10.8. The van der Waals surface area contributed by atoms with Gasteiger partial charge in [0.15, 0.2) is 6.29 Å². The number of ether oxygens (including phenoxy) is 2. The third kappa shape index (κ3) is 3.82. The number of hydrogen-bond donors (Lipinski definition) is 8. The highest BCUT2D eigenvalue weighted by molar-refractivity contribution is 4.99. The summed E-state index contributed by atoms with van der Waals surface area (Å²) in [4.78, 5) is 0. The second-order valence-corrected chi connectivity index (χ2v) is 6.30. The van der Waals surface area contributed by atoms with Crippen LogP contribution in [0.1, 0.15) is 6.42 Å². The largest absolute Gasteiger partial charge is 0.389 e. The van der Waals surface area contributed by atoms with Crippen LogP contribution in [0.2, 0.25) is 0 Å². The van der Waals surface area contributed by atoms with Gasteiger partial charge in [0.25, 0.3) is 0 Å². The topological polar surface area (TPSA) is 189 Å². The summed E-state index contributed by atoms with van der Waals surface area (Å²) in [7, 11) is 1.67. The van der Waals surface area contributed by atoms with E-state index >= 15 is 0 Å². The zero-order chi connectivity index (χ0) is 17.3. The van der Waals surface area contributed by atoms with Crippen molar-refractivity contribution in [2.24, 2.45) is 17.2 Å². The lowest BCUT2D eigenvalue weighted by atomic mass is 9.84. The van der Waals surface area contributed by atoms with Crippen molar-refractivity contribution in [2.75, 3.05) is 13.6 Å². The molecule has 1 saturated heterocycles. The van der Waals surface area contributed by atoms with Gasteiger partial charge in [-0.3, -0.25) is 0 Å². The van der Waals surface area contributed by atoms with Crippen LogP contribution < -0.4 is 22.5 Å². The van der Waals surface area contributed by atoms with E-state index in [1.54, 1.807) is 7.05 Å². The van der Waals surface area contributed by atoms with Crippen molar-refractivity contribution >= 4 is 0 Å². The molecule has 1 saturated carbocycles. The fourth-order valence-corrected chi connectivity index (χ4v) is 3.07. The molecular formula is C13H28N4O6. The summed E-state index contributed by atoms with van der Waals surface area (Å²) < 4.78 is 11.2. The van der Waals surface area contributed by atoms with Crippen LogP contribution in [0.5, 0.6) is 0 Å². The lowest BCUT2D eigenvalue weighted by Gasteiger charge is -2.45. The highest BCUT2D eigenvalue weighted by Crippen LogP contribution is 2.27. The number of nitrogens with one attached hydrogen (secondary N) is 1. The molecule has 0 aromatic heterocycles. The predicted octanol–water partition coefficient (Wildman–Crippen LogP) is -4.85. The molecule has 0 radical (unpaired) electrons. The number of aliphatic hydroxyl groups excluding tert-OH is 4. The van der Waals surface area contributed by atoms with Gasteiger partial charge in [-0.2, -0.15) is 0 Å². The van der Waals surface area contributed by atoms with Crippen molar-refractivity contribution in [3.63, 3.8) is 0 Å². The molecule has 0 aromatic carbocycles. The summed E-state index contributed by atoms with van der Waals surface area (Å²) in [6.07, 6.45) is -7.39. The Hall–Kier alpha value is -0.400. The van der Waals surface area contributed by atoms with Crippen molar-refractivity contribution in [2.45, 2.75) is 67.5 Å². The van der Waals surface area contributed by atoms with E-state index in [4.69, 9.17) is 26.7 Å². The Balaban J connectivity index is 2.08. The molecule has 1 aliphatic heterocycles. The van der Waals surface area contributed by atoms with Gasteiger partial charge in [0, 0.05) is 18.6 Å². The summed E-state index contributed by atoms with van der Waals surface area (Å²) in [6.45, 7) is 0.275. The molecule has 0 aromatic rings. The van der Waals surface area contributed by atoms with E-state index < -0.39 is 61.0 Å². The van der Waals surface area contributed by atoms with E-state index in [0.29, 0.717) is 0 Å². The number of nitrogens with two attached hydrogens (primary N) is 3. The fourth-order valence-electron chi connectivity index (χ4n) is 3.07. The van der Waals surface area contributed by atoms with Gasteiger partial charge >= 0.3 is 0 Å². The Morgan fingerprint density at radius 3 is 2.26 bits per heavy atom. The number of hydrogen-bond acceptors (Lipinski definition) is 10. The maximum atomic E-state index is 10.1. The van der Waals surface area contributed by atoms with Gasteiger partial charge in [-0.25, -0.2) is 0 Å². The molecule has 2 rings (SSSR count). The Morgan fingerprint density at radius 2 is 1.65 bits per heavy atom. The second-order valence-electron chi connectivity index (χ2n) is 6.30. The van der Waals surface area contributed by atoms with Crippen LogP contribution in [0.4, 0.5) is 0 Å². The van der Waals surface area contributed by atoms with Gasteiger partial charge in [0.2, 0.25) is 0 Å². The Morgan fingerprint density at radius 1 is 1.00 bits per heavy atom. The first-order valence-electron chi connectivity index (χ1n) is 7.72. The first-order valence-corrected chi connectivity index (χ1v) is 7.72. The minimum absolute atomic E-state index is 0.260. The number of likely N-dealkylation sites (N-methyl/N-ethyl adjacent to an activating group) is 1. The standard InChI is InChI=1S/C13H28N4O6/c1-17-3-6-9(19)10(20)7(16)13(22-6)23-12-5(15)2-4(14)8(18)11(12)21/h4-13,17-21H,2-3,14-16H2,1H3/t4-,5+,6-,7?,8?,9?,10?,11?,12?,13-/m1/s1. The zero-order valence-corrected chi connectivity index (χ0v) is 13.0. The van der Waals surface area contributed by atoms with E-state index in [0.717, 1.165) is 0 Å². The number of aliphatic hydroxyl groups is 4. The molecule has 10 atom stereocenters. The van der Waals surface area contributed by atoms with Crippen molar-refractivity contribution < 1.29 is 29.9 Å². The maximum absolute atomic E-state index is 10.1. The fraction of sp³-hybridized carbons (Fsp3) is 1.00. The smallest absolute Gasteiger partial charge is 0.176 e. The Bertz CT molecular complexity index is 391. The SMILES string of the molecule is CNC[C@H]1O[C@H](OC2C(O)C(O)[C@H](N)C[C@@H]2N)C(N)C(O)C1O. The first kappa shape index (κ1) is 18.9.